The lowest BCUT2D eigenvalue weighted by Crippen LogP contribution is -3.11. The number of ether oxygens (including phenoxy) is 1. The molecule has 0 bridgehead atoms. The average Bonchev–Trinajstić information content (AvgIpc) is 3.32. The molecule has 2 heterocycles. The minimum Gasteiger partial charge on any atom is -0.872 e. The van der Waals surface area contributed by atoms with Crippen molar-refractivity contribution in [2.24, 2.45) is 0 Å². The first-order valence-corrected chi connectivity index (χ1v) is 12.8. The van der Waals surface area contributed by atoms with E-state index in [0.29, 0.717) is 18.5 Å². The predicted molar refractivity (Wildman–Crippen MR) is 132 cm³/mol. The molecule has 0 aromatic heterocycles. The normalized spacial score (nSPS) is 21.3. The third kappa shape index (κ3) is 4.77. The zero-order valence-corrected chi connectivity index (χ0v) is 21.5. The Balaban J connectivity index is 1.73. The van der Waals surface area contributed by atoms with E-state index >= 15 is 0 Å². The molecule has 0 aliphatic carbocycles. The van der Waals surface area contributed by atoms with E-state index in [1.165, 1.54) is 4.90 Å². The topological polar surface area (TPSA) is 74.1 Å². The monoisotopic (exact) mass is 526 g/mol. The first-order valence-electron chi connectivity index (χ1n) is 12.0. The van der Waals surface area contributed by atoms with Crippen molar-refractivity contribution in [2.45, 2.75) is 45.8 Å². The first-order chi connectivity index (χ1) is 16.3. The number of nitrogens with one attached hydrogen (secondary N) is 1. The molecule has 0 saturated carbocycles. The number of hydrogen-bond donors (Lipinski definition) is 1. The van der Waals surface area contributed by atoms with Gasteiger partial charge < -0.3 is 19.6 Å². The number of Topliss-reactive ketones (excluding diaryl/α,β-unsaturated/α-hetero) is 1. The number of ketones is 1. The van der Waals surface area contributed by atoms with Gasteiger partial charge >= 0.3 is 0 Å². The van der Waals surface area contributed by atoms with Crippen LogP contribution in [0.1, 0.15) is 49.9 Å². The quantitative estimate of drug-likeness (QED) is 0.325. The number of halogens is 1. The molecule has 2 aliphatic rings. The molecule has 7 heteroatoms. The van der Waals surface area contributed by atoms with Crippen LogP contribution < -0.4 is 14.7 Å². The summed E-state index contributed by atoms with van der Waals surface area (Å²) in [5.41, 5.74) is 2.16. The van der Waals surface area contributed by atoms with Crippen molar-refractivity contribution in [3.63, 3.8) is 0 Å². The summed E-state index contributed by atoms with van der Waals surface area (Å²) in [5, 5.41) is 13.7. The summed E-state index contributed by atoms with van der Waals surface area (Å²) in [4.78, 5) is 29.4. The van der Waals surface area contributed by atoms with E-state index in [0.717, 1.165) is 47.4 Å². The zero-order chi connectivity index (χ0) is 24.4. The van der Waals surface area contributed by atoms with Gasteiger partial charge in [0.1, 0.15) is 11.9 Å². The smallest absolute Gasteiger partial charge is 0.295 e. The first kappa shape index (κ1) is 24.5. The summed E-state index contributed by atoms with van der Waals surface area (Å²) in [6.45, 7) is 9.61. The molecule has 34 heavy (non-hydrogen) atoms. The number of fused-ring (bicyclic) bond motifs is 1. The second-order valence-corrected chi connectivity index (χ2v) is 9.96. The van der Waals surface area contributed by atoms with E-state index in [1.54, 1.807) is 23.1 Å². The van der Waals surface area contributed by atoms with Crippen LogP contribution in [0.4, 0.5) is 0 Å². The summed E-state index contributed by atoms with van der Waals surface area (Å²) in [7, 11) is 0. The number of rotatable bonds is 8. The van der Waals surface area contributed by atoms with Crippen LogP contribution in [0, 0.1) is 0 Å². The van der Waals surface area contributed by atoms with Crippen molar-refractivity contribution in [2.75, 3.05) is 26.2 Å². The van der Waals surface area contributed by atoms with Gasteiger partial charge in [0.2, 0.25) is 5.78 Å². The SMILES string of the molecule is CC[NH+](CC)CCCN1C(=O)C(=O)/C(=C(/[O-])c2ccc3c(c2)CC(C)O3)C1c1cccc(Br)c1. The Morgan fingerprint density at radius 1 is 1.18 bits per heavy atom. The van der Waals surface area contributed by atoms with Gasteiger partial charge in [0.25, 0.3) is 5.91 Å². The van der Waals surface area contributed by atoms with Gasteiger partial charge in [0.15, 0.2) is 0 Å². The highest BCUT2D eigenvalue weighted by Gasteiger charge is 2.44. The van der Waals surface area contributed by atoms with Crippen molar-refractivity contribution in [3.05, 3.63) is 69.2 Å². The van der Waals surface area contributed by atoms with E-state index in [4.69, 9.17) is 4.74 Å². The maximum absolute atomic E-state index is 13.7. The van der Waals surface area contributed by atoms with Gasteiger partial charge in [-0.15, -0.1) is 0 Å². The molecule has 1 N–H and O–H groups in total. The van der Waals surface area contributed by atoms with Crippen molar-refractivity contribution in [1.29, 1.82) is 0 Å². The van der Waals surface area contributed by atoms with Crippen molar-refractivity contribution >= 4 is 33.4 Å². The summed E-state index contributed by atoms with van der Waals surface area (Å²) < 4.78 is 6.59. The molecule has 180 valence electrons. The fourth-order valence-corrected chi connectivity index (χ4v) is 5.36. The van der Waals surface area contributed by atoms with Crippen LogP contribution in [0.3, 0.4) is 0 Å². The number of quaternary nitrogens is 1. The molecule has 4 rings (SSSR count). The largest absolute Gasteiger partial charge is 0.872 e. The van der Waals surface area contributed by atoms with E-state index < -0.39 is 17.7 Å². The van der Waals surface area contributed by atoms with Crippen molar-refractivity contribution < 1.29 is 24.3 Å². The highest BCUT2D eigenvalue weighted by molar-refractivity contribution is 9.10. The van der Waals surface area contributed by atoms with Gasteiger partial charge in [-0.2, -0.15) is 0 Å². The third-order valence-corrected chi connectivity index (χ3v) is 7.27. The van der Waals surface area contributed by atoms with Gasteiger partial charge in [0, 0.05) is 29.4 Å². The Kier molecular flexibility index (Phi) is 7.43. The average molecular weight is 527 g/mol. The van der Waals surface area contributed by atoms with Gasteiger partial charge in [0.05, 0.1) is 25.7 Å². The van der Waals surface area contributed by atoms with Gasteiger partial charge in [-0.05, 0) is 61.7 Å². The summed E-state index contributed by atoms with van der Waals surface area (Å²) in [6, 6.07) is 12.1. The second-order valence-electron chi connectivity index (χ2n) is 9.04. The highest BCUT2D eigenvalue weighted by atomic mass is 79.9. The lowest BCUT2D eigenvalue weighted by molar-refractivity contribution is -0.896. The lowest BCUT2D eigenvalue weighted by Gasteiger charge is -2.28. The molecule has 1 fully saturated rings. The fourth-order valence-electron chi connectivity index (χ4n) is 4.95. The molecular formula is C27H31BrN2O4. The molecule has 1 saturated heterocycles. The zero-order valence-electron chi connectivity index (χ0n) is 19.9. The molecule has 2 aromatic carbocycles. The van der Waals surface area contributed by atoms with Crippen molar-refractivity contribution in [3.8, 4) is 5.75 Å². The number of hydrogen-bond acceptors (Lipinski definition) is 4. The van der Waals surface area contributed by atoms with Gasteiger partial charge in [-0.3, -0.25) is 9.59 Å². The van der Waals surface area contributed by atoms with Crippen LogP contribution in [0.15, 0.2) is 52.5 Å². The summed E-state index contributed by atoms with van der Waals surface area (Å²) in [5.74, 6) is -0.911. The molecule has 2 aromatic rings. The molecule has 2 aliphatic heterocycles. The second kappa shape index (κ2) is 10.3. The van der Waals surface area contributed by atoms with E-state index in [1.807, 2.05) is 31.2 Å². The molecule has 1 amide bonds. The number of likely N-dealkylation sites (tertiary alicyclic amines) is 1. The molecule has 0 radical (unpaired) electrons. The molecule has 6 nitrogen and oxygen atoms in total. The van der Waals surface area contributed by atoms with Crippen LogP contribution in [-0.2, 0) is 16.0 Å². The van der Waals surface area contributed by atoms with Crippen LogP contribution in [-0.4, -0.2) is 48.9 Å². The highest BCUT2D eigenvalue weighted by Crippen LogP contribution is 2.40. The van der Waals surface area contributed by atoms with Gasteiger partial charge in [-0.1, -0.05) is 39.9 Å². The van der Waals surface area contributed by atoms with Crippen LogP contribution in [0.5, 0.6) is 5.75 Å². The Morgan fingerprint density at radius 2 is 1.94 bits per heavy atom. The van der Waals surface area contributed by atoms with Gasteiger partial charge in [-0.25, -0.2) is 0 Å². The molecule has 2 unspecified atom stereocenters. The van der Waals surface area contributed by atoms with Crippen LogP contribution in [0.2, 0.25) is 0 Å². The fraction of sp³-hybridized carbons (Fsp3) is 0.407. The summed E-state index contributed by atoms with van der Waals surface area (Å²) in [6.07, 6.45) is 1.53. The Labute approximate surface area is 209 Å². The number of nitrogens with zero attached hydrogens (tertiary/aromatic N) is 1. The maximum Gasteiger partial charge on any atom is 0.295 e. The maximum atomic E-state index is 13.7. The Morgan fingerprint density at radius 3 is 2.65 bits per heavy atom. The Bertz CT molecular complexity index is 1130. The standard InChI is InChI=1S/C27H31BrN2O4/c1-4-29(5-2)12-7-13-30-24(18-8-6-9-21(28)16-18)23(26(32)27(30)33)25(31)19-10-11-22-20(15-19)14-17(3)34-22/h6,8-11,15-17,24,31H,4-5,7,12-14H2,1-3H3/b25-23+. The van der Waals surface area contributed by atoms with Crippen molar-refractivity contribution in [1.82, 2.24) is 4.90 Å². The van der Waals surface area contributed by atoms with E-state index in [-0.39, 0.29) is 17.4 Å². The lowest BCUT2D eigenvalue weighted by atomic mass is 9.94. The minimum atomic E-state index is -0.699. The number of carbonyl (C=O) groups excluding carboxylic acids is 2. The third-order valence-electron chi connectivity index (χ3n) is 6.78. The van der Waals surface area contributed by atoms with Crippen LogP contribution in [0.25, 0.3) is 5.76 Å². The predicted octanol–water partition coefficient (Wildman–Crippen LogP) is 2.31. The van der Waals surface area contributed by atoms with E-state index in [9.17, 15) is 14.7 Å². The minimum absolute atomic E-state index is 0.0326. The van der Waals surface area contributed by atoms with E-state index in [2.05, 4.69) is 29.8 Å². The molecule has 0 spiro atoms. The number of carbonyl (C=O) groups is 2. The Hall–Kier alpha value is -2.64. The molecule has 2 atom stereocenters. The number of benzene rings is 2. The van der Waals surface area contributed by atoms with Crippen LogP contribution >= 0.6 is 15.9 Å². The number of amides is 1. The summed E-state index contributed by atoms with van der Waals surface area (Å²) >= 11 is 3.49. The molecular weight excluding hydrogens is 496 g/mol.